The van der Waals surface area contributed by atoms with E-state index in [1.807, 2.05) is 38.1 Å². The maximum atomic E-state index is 8.55. The fraction of sp³-hybridized carbons (Fsp3) is 0.364. The SMILES string of the molecule is Cc1ccccc1OCC(C)C#N. The maximum absolute atomic E-state index is 8.55. The molecule has 68 valence electrons. The van der Waals surface area contributed by atoms with E-state index in [1.54, 1.807) is 0 Å². The molecule has 0 saturated carbocycles. The van der Waals surface area contributed by atoms with Gasteiger partial charge in [0.2, 0.25) is 0 Å². The van der Waals surface area contributed by atoms with Crippen LogP contribution in [0.3, 0.4) is 0 Å². The molecule has 0 fully saturated rings. The van der Waals surface area contributed by atoms with E-state index in [9.17, 15) is 0 Å². The van der Waals surface area contributed by atoms with Crippen molar-refractivity contribution < 1.29 is 4.74 Å². The van der Waals surface area contributed by atoms with Crippen molar-refractivity contribution in [3.8, 4) is 11.8 Å². The molecule has 1 unspecified atom stereocenters. The molecule has 0 aromatic heterocycles. The average molecular weight is 175 g/mol. The van der Waals surface area contributed by atoms with Crippen molar-refractivity contribution in [3.05, 3.63) is 29.8 Å². The summed E-state index contributed by atoms with van der Waals surface area (Å²) >= 11 is 0. The zero-order valence-electron chi connectivity index (χ0n) is 7.95. The van der Waals surface area contributed by atoms with E-state index >= 15 is 0 Å². The Morgan fingerprint density at radius 3 is 2.77 bits per heavy atom. The Morgan fingerprint density at radius 1 is 1.46 bits per heavy atom. The highest BCUT2D eigenvalue weighted by molar-refractivity contribution is 5.31. The van der Waals surface area contributed by atoms with Gasteiger partial charge in [-0.3, -0.25) is 0 Å². The summed E-state index contributed by atoms with van der Waals surface area (Å²) in [4.78, 5) is 0. The monoisotopic (exact) mass is 175 g/mol. The number of aryl methyl sites for hydroxylation is 1. The first-order valence-electron chi connectivity index (χ1n) is 4.32. The highest BCUT2D eigenvalue weighted by Gasteiger charge is 2.01. The van der Waals surface area contributed by atoms with Crippen LogP contribution in [0.5, 0.6) is 5.75 Å². The summed E-state index contributed by atoms with van der Waals surface area (Å²) in [5.41, 5.74) is 1.10. The van der Waals surface area contributed by atoms with E-state index in [0.717, 1.165) is 11.3 Å². The molecule has 1 rings (SSSR count). The zero-order valence-corrected chi connectivity index (χ0v) is 7.95. The van der Waals surface area contributed by atoms with Crippen molar-refractivity contribution in [2.45, 2.75) is 13.8 Å². The van der Waals surface area contributed by atoms with Crippen LogP contribution >= 0.6 is 0 Å². The molecule has 0 radical (unpaired) electrons. The number of ether oxygens (including phenoxy) is 1. The molecule has 0 N–H and O–H groups in total. The standard InChI is InChI=1S/C11H13NO/c1-9(7-12)8-13-11-6-4-3-5-10(11)2/h3-6,9H,8H2,1-2H3. The van der Waals surface area contributed by atoms with Crippen LogP contribution in [0.1, 0.15) is 12.5 Å². The molecule has 1 atom stereocenters. The van der Waals surface area contributed by atoms with Gasteiger partial charge in [-0.1, -0.05) is 18.2 Å². The van der Waals surface area contributed by atoms with Gasteiger partial charge in [-0.05, 0) is 25.5 Å². The molecule has 13 heavy (non-hydrogen) atoms. The van der Waals surface area contributed by atoms with Crippen LogP contribution in [0.4, 0.5) is 0 Å². The third-order valence-electron chi connectivity index (χ3n) is 1.80. The number of nitrogens with zero attached hydrogens (tertiary/aromatic N) is 1. The minimum Gasteiger partial charge on any atom is -0.492 e. The molecule has 0 aliphatic rings. The summed E-state index contributed by atoms with van der Waals surface area (Å²) in [7, 11) is 0. The summed E-state index contributed by atoms with van der Waals surface area (Å²) < 4.78 is 5.47. The fourth-order valence-electron chi connectivity index (χ4n) is 0.970. The highest BCUT2D eigenvalue weighted by atomic mass is 16.5. The fourth-order valence-corrected chi connectivity index (χ4v) is 0.970. The molecule has 2 heteroatoms. The van der Waals surface area contributed by atoms with Gasteiger partial charge in [0.15, 0.2) is 0 Å². The molecule has 0 aliphatic heterocycles. The van der Waals surface area contributed by atoms with Gasteiger partial charge >= 0.3 is 0 Å². The predicted octanol–water partition coefficient (Wildman–Crippen LogP) is 2.53. The van der Waals surface area contributed by atoms with Crippen LogP contribution in [0, 0.1) is 24.2 Å². The van der Waals surface area contributed by atoms with Gasteiger partial charge in [-0.15, -0.1) is 0 Å². The van der Waals surface area contributed by atoms with E-state index in [1.165, 1.54) is 0 Å². The Balaban J connectivity index is 2.56. The first kappa shape index (κ1) is 9.60. The van der Waals surface area contributed by atoms with Crippen LogP contribution in [0.15, 0.2) is 24.3 Å². The number of para-hydroxylation sites is 1. The van der Waals surface area contributed by atoms with Gasteiger partial charge in [0.25, 0.3) is 0 Å². The Hall–Kier alpha value is -1.49. The lowest BCUT2D eigenvalue weighted by atomic mass is 10.2. The van der Waals surface area contributed by atoms with Crippen LogP contribution in [0.2, 0.25) is 0 Å². The lowest BCUT2D eigenvalue weighted by Crippen LogP contribution is -2.06. The molecular weight excluding hydrogens is 162 g/mol. The minimum atomic E-state index is -0.0559. The summed E-state index contributed by atoms with van der Waals surface area (Å²) in [6.07, 6.45) is 0. The van der Waals surface area contributed by atoms with Crippen molar-refractivity contribution in [3.63, 3.8) is 0 Å². The molecule has 1 aromatic rings. The van der Waals surface area contributed by atoms with E-state index in [-0.39, 0.29) is 5.92 Å². The number of hydrogen-bond acceptors (Lipinski definition) is 2. The molecule has 0 amide bonds. The molecule has 0 aliphatic carbocycles. The third kappa shape index (κ3) is 2.79. The Kier molecular flexibility index (Phi) is 3.33. The van der Waals surface area contributed by atoms with E-state index in [0.29, 0.717) is 6.61 Å². The second-order valence-corrected chi connectivity index (χ2v) is 3.11. The largest absolute Gasteiger partial charge is 0.492 e. The zero-order chi connectivity index (χ0) is 9.68. The average Bonchev–Trinajstić information content (AvgIpc) is 2.16. The van der Waals surface area contributed by atoms with Gasteiger partial charge in [0, 0.05) is 0 Å². The first-order valence-corrected chi connectivity index (χ1v) is 4.32. The maximum Gasteiger partial charge on any atom is 0.122 e. The Labute approximate surface area is 78.8 Å². The van der Waals surface area contributed by atoms with Crippen molar-refractivity contribution in [1.29, 1.82) is 5.26 Å². The molecule has 2 nitrogen and oxygen atoms in total. The second-order valence-electron chi connectivity index (χ2n) is 3.11. The van der Waals surface area contributed by atoms with Crippen molar-refractivity contribution in [2.24, 2.45) is 5.92 Å². The van der Waals surface area contributed by atoms with Crippen molar-refractivity contribution in [2.75, 3.05) is 6.61 Å². The Morgan fingerprint density at radius 2 is 2.15 bits per heavy atom. The molecule has 0 saturated heterocycles. The van der Waals surface area contributed by atoms with Crippen LogP contribution in [-0.4, -0.2) is 6.61 Å². The lowest BCUT2D eigenvalue weighted by Gasteiger charge is -2.08. The van der Waals surface area contributed by atoms with Crippen LogP contribution < -0.4 is 4.74 Å². The van der Waals surface area contributed by atoms with Gasteiger partial charge in [0.05, 0.1) is 12.0 Å². The molecular formula is C11H13NO. The Bertz CT molecular complexity index is 314. The first-order chi connectivity index (χ1) is 6.24. The lowest BCUT2D eigenvalue weighted by molar-refractivity contribution is 0.286. The minimum absolute atomic E-state index is 0.0559. The summed E-state index contributed by atoms with van der Waals surface area (Å²) in [5.74, 6) is 0.809. The van der Waals surface area contributed by atoms with Crippen LogP contribution in [-0.2, 0) is 0 Å². The molecule has 0 heterocycles. The second kappa shape index (κ2) is 4.51. The molecule has 0 spiro atoms. The number of rotatable bonds is 3. The normalized spacial score (nSPS) is 11.8. The van der Waals surface area contributed by atoms with E-state index < -0.39 is 0 Å². The van der Waals surface area contributed by atoms with E-state index in [2.05, 4.69) is 6.07 Å². The summed E-state index contributed by atoms with van der Waals surface area (Å²) in [6, 6.07) is 9.94. The smallest absolute Gasteiger partial charge is 0.122 e. The quantitative estimate of drug-likeness (QED) is 0.707. The van der Waals surface area contributed by atoms with Crippen molar-refractivity contribution >= 4 is 0 Å². The number of benzene rings is 1. The van der Waals surface area contributed by atoms with Gasteiger partial charge < -0.3 is 4.74 Å². The van der Waals surface area contributed by atoms with Crippen molar-refractivity contribution in [1.82, 2.24) is 0 Å². The third-order valence-corrected chi connectivity index (χ3v) is 1.80. The summed E-state index contributed by atoms with van der Waals surface area (Å²) in [5, 5.41) is 8.55. The number of nitriles is 1. The van der Waals surface area contributed by atoms with Gasteiger partial charge in [-0.2, -0.15) is 5.26 Å². The van der Waals surface area contributed by atoms with Gasteiger partial charge in [0.1, 0.15) is 12.4 Å². The molecule has 0 bridgehead atoms. The highest BCUT2D eigenvalue weighted by Crippen LogP contribution is 2.16. The molecule has 1 aromatic carbocycles. The van der Waals surface area contributed by atoms with Crippen LogP contribution in [0.25, 0.3) is 0 Å². The van der Waals surface area contributed by atoms with E-state index in [4.69, 9.17) is 10.00 Å². The van der Waals surface area contributed by atoms with Gasteiger partial charge in [-0.25, -0.2) is 0 Å². The number of hydrogen-bond donors (Lipinski definition) is 0. The predicted molar refractivity (Wildman–Crippen MR) is 51.5 cm³/mol. The summed E-state index contributed by atoms with van der Waals surface area (Å²) in [6.45, 7) is 4.30. The topological polar surface area (TPSA) is 33.0 Å².